The zero-order valence-corrected chi connectivity index (χ0v) is 18.7. The lowest BCUT2D eigenvalue weighted by Crippen LogP contribution is -2.44. The van der Waals surface area contributed by atoms with Crippen molar-refractivity contribution in [3.05, 3.63) is 17.7 Å². The fourth-order valence-corrected chi connectivity index (χ4v) is 5.36. The first-order valence-electron chi connectivity index (χ1n) is 10.1. The van der Waals surface area contributed by atoms with Crippen LogP contribution in [0.3, 0.4) is 0 Å². The number of likely N-dealkylation sites (N-methyl/N-ethyl adjacent to an activating group) is 1. The summed E-state index contributed by atoms with van der Waals surface area (Å²) in [4.78, 5) is 26.3. The number of ether oxygens (including phenoxy) is 1. The molecule has 2 aliphatic heterocycles. The Morgan fingerprint density at radius 3 is 2.60 bits per heavy atom. The molecule has 0 bridgehead atoms. The first-order valence-corrected chi connectivity index (χ1v) is 11.6. The minimum atomic E-state index is -3.73. The third-order valence-corrected chi connectivity index (χ3v) is 7.55. The van der Waals surface area contributed by atoms with Crippen LogP contribution in [0, 0.1) is 12.8 Å². The van der Waals surface area contributed by atoms with Gasteiger partial charge < -0.3 is 20.3 Å². The van der Waals surface area contributed by atoms with Crippen molar-refractivity contribution >= 4 is 27.5 Å². The fourth-order valence-electron chi connectivity index (χ4n) is 3.67. The van der Waals surface area contributed by atoms with Gasteiger partial charge >= 0.3 is 0 Å². The molecular formula is C20H30N4O5S. The number of anilines is 1. The maximum absolute atomic E-state index is 13.2. The van der Waals surface area contributed by atoms with Crippen molar-refractivity contribution in [1.29, 1.82) is 0 Å². The summed E-state index contributed by atoms with van der Waals surface area (Å²) in [7, 11) is 0.152. The second kappa shape index (κ2) is 8.91. The van der Waals surface area contributed by atoms with Crippen LogP contribution in [0.15, 0.2) is 17.0 Å². The number of hydrogen-bond acceptors (Lipinski definition) is 6. The summed E-state index contributed by atoms with van der Waals surface area (Å²) in [6, 6.07) is 3.10. The highest BCUT2D eigenvalue weighted by atomic mass is 32.2. The number of piperidine rings is 1. The molecule has 1 fully saturated rings. The third kappa shape index (κ3) is 4.76. The molecule has 0 spiro atoms. The molecule has 1 atom stereocenters. The molecule has 0 unspecified atom stereocenters. The topological polar surface area (TPSA) is 108 Å². The molecule has 10 heteroatoms. The SMILES string of the molecule is Cc1cc2c(cc1S(=O)(=O)N1CCC(C(=O)NCCN(C)C)CC1)O[C@@H](C)C(=O)N2. The van der Waals surface area contributed by atoms with Gasteiger partial charge in [-0.05, 0) is 52.4 Å². The van der Waals surface area contributed by atoms with Crippen molar-refractivity contribution < 1.29 is 22.7 Å². The Morgan fingerprint density at radius 2 is 1.97 bits per heavy atom. The number of nitrogens with zero attached hydrogens (tertiary/aromatic N) is 2. The standard InChI is InChI=1S/C20H30N4O5S/c1-13-11-16-17(29-14(2)19(25)22-16)12-18(13)30(27,28)24-8-5-15(6-9-24)20(26)21-7-10-23(3)4/h11-12,14-15H,5-10H2,1-4H3,(H,21,26)(H,22,25)/t14-/m0/s1. The van der Waals surface area contributed by atoms with E-state index in [1.165, 1.54) is 10.4 Å². The van der Waals surface area contributed by atoms with E-state index in [1.54, 1.807) is 19.9 Å². The van der Waals surface area contributed by atoms with Gasteiger partial charge in [0.25, 0.3) is 5.91 Å². The van der Waals surface area contributed by atoms with Gasteiger partial charge in [0.05, 0.1) is 10.6 Å². The minimum absolute atomic E-state index is 0.0167. The maximum Gasteiger partial charge on any atom is 0.265 e. The summed E-state index contributed by atoms with van der Waals surface area (Å²) in [5, 5.41) is 5.65. The van der Waals surface area contributed by atoms with E-state index in [4.69, 9.17) is 4.74 Å². The molecule has 3 rings (SSSR count). The van der Waals surface area contributed by atoms with E-state index >= 15 is 0 Å². The van der Waals surface area contributed by atoms with Crippen LogP contribution in [0.2, 0.25) is 0 Å². The molecule has 30 heavy (non-hydrogen) atoms. The van der Waals surface area contributed by atoms with Gasteiger partial charge in [-0.15, -0.1) is 0 Å². The number of aryl methyl sites for hydroxylation is 1. The molecule has 1 saturated heterocycles. The average molecular weight is 439 g/mol. The highest BCUT2D eigenvalue weighted by Gasteiger charge is 2.34. The molecule has 166 valence electrons. The Bertz CT molecular complexity index is 923. The fraction of sp³-hybridized carbons (Fsp3) is 0.600. The Morgan fingerprint density at radius 1 is 1.30 bits per heavy atom. The summed E-state index contributed by atoms with van der Waals surface area (Å²) >= 11 is 0. The minimum Gasteiger partial charge on any atom is -0.479 e. The molecule has 1 aromatic carbocycles. The highest BCUT2D eigenvalue weighted by Crippen LogP contribution is 2.36. The van der Waals surface area contributed by atoms with Gasteiger partial charge in [-0.3, -0.25) is 9.59 Å². The number of amides is 2. The van der Waals surface area contributed by atoms with E-state index in [1.807, 2.05) is 19.0 Å². The van der Waals surface area contributed by atoms with Crippen LogP contribution in [-0.2, 0) is 19.6 Å². The van der Waals surface area contributed by atoms with Crippen molar-refractivity contribution in [2.45, 2.75) is 37.7 Å². The zero-order chi connectivity index (χ0) is 22.1. The van der Waals surface area contributed by atoms with Crippen LogP contribution in [0.5, 0.6) is 5.75 Å². The van der Waals surface area contributed by atoms with Gasteiger partial charge in [0.2, 0.25) is 15.9 Å². The van der Waals surface area contributed by atoms with Crippen LogP contribution in [0.4, 0.5) is 5.69 Å². The van der Waals surface area contributed by atoms with Crippen LogP contribution < -0.4 is 15.4 Å². The van der Waals surface area contributed by atoms with Gasteiger partial charge in [0.1, 0.15) is 5.75 Å². The first-order chi connectivity index (χ1) is 14.1. The summed E-state index contributed by atoms with van der Waals surface area (Å²) in [6.45, 7) is 5.23. The van der Waals surface area contributed by atoms with Gasteiger partial charge in [0, 0.05) is 38.2 Å². The lowest BCUT2D eigenvalue weighted by Gasteiger charge is -2.31. The quantitative estimate of drug-likeness (QED) is 0.680. The molecule has 0 aromatic heterocycles. The number of carbonyl (C=O) groups is 2. The van der Waals surface area contributed by atoms with Crippen molar-refractivity contribution in [3.63, 3.8) is 0 Å². The van der Waals surface area contributed by atoms with Crippen LogP contribution in [-0.4, -0.2) is 75.8 Å². The molecule has 0 aliphatic carbocycles. The predicted molar refractivity (Wildman–Crippen MR) is 113 cm³/mol. The number of benzene rings is 1. The summed E-state index contributed by atoms with van der Waals surface area (Å²) in [5.74, 6) is -0.107. The van der Waals surface area contributed by atoms with Gasteiger partial charge in [-0.1, -0.05) is 0 Å². The summed E-state index contributed by atoms with van der Waals surface area (Å²) < 4.78 is 33.5. The van der Waals surface area contributed by atoms with Gasteiger partial charge in [-0.2, -0.15) is 4.31 Å². The van der Waals surface area contributed by atoms with Crippen LogP contribution >= 0.6 is 0 Å². The number of carbonyl (C=O) groups excluding carboxylic acids is 2. The molecule has 2 heterocycles. The zero-order valence-electron chi connectivity index (χ0n) is 17.9. The van der Waals surface area contributed by atoms with E-state index in [-0.39, 0.29) is 22.6 Å². The van der Waals surface area contributed by atoms with Crippen LogP contribution in [0.1, 0.15) is 25.3 Å². The molecule has 0 radical (unpaired) electrons. The average Bonchev–Trinajstić information content (AvgIpc) is 2.68. The maximum atomic E-state index is 13.2. The highest BCUT2D eigenvalue weighted by molar-refractivity contribution is 7.89. The molecule has 9 nitrogen and oxygen atoms in total. The number of sulfonamides is 1. The van der Waals surface area contributed by atoms with Gasteiger partial charge in [0.15, 0.2) is 6.10 Å². The Balaban J connectivity index is 1.68. The molecule has 0 saturated carbocycles. The molecule has 2 N–H and O–H groups in total. The largest absolute Gasteiger partial charge is 0.479 e. The normalized spacial score (nSPS) is 20.4. The molecule has 1 aromatic rings. The number of fused-ring (bicyclic) bond motifs is 1. The van der Waals surface area contributed by atoms with Gasteiger partial charge in [-0.25, -0.2) is 8.42 Å². The van der Waals surface area contributed by atoms with Crippen molar-refractivity contribution in [2.75, 3.05) is 45.6 Å². The second-order valence-corrected chi connectivity index (χ2v) is 10.0. The van der Waals surface area contributed by atoms with E-state index in [9.17, 15) is 18.0 Å². The number of rotatable bonds is 6. The Labute approximate surface area is 177 Å². The summed E-state index contributed by atoms with van der Waals surface area (Å²) in [5.41, 5.74) is 1.01. The molecule has 2 amide bonds. The lowest BCUT2D eigenvalue weighted by molar-refractivity contribution is -0.126. The predicted octanol–water partition coefficient (Wildman–Crippen LogP) is 0.793. The Hall–Kier alpha value is -2.17. The third-order valence-electron chi connectivity index (χ3n) is 5.51. The lowest BCUT2D eigenvalue weighted by atomic mass is 9.97. The monoisotopic (exact) mass is 438 g/mol. The Kier molecular flexibility index (Phi) is 6.68. The van der Waals surface area contributed by atoms with Crippen molar-refractivity contribution in [2.24, 2.45) is 5.92 Å². The van der Waals surface area contributed by atoms with E-state index < -0.39 is 16.1 Å². The van der Waals surface area contributed by atoms with E-state index in [0.717, 1.165) is 6.54 Å². The number of nitrogens with one attached hydrogen (secondary N) is 2. The smallest absolute Gasteiger partial charge is 0.265 e. The van der Waals surface area contributed by atoms with E-state index in [2.05, 4.69) is 10.6 Å². The van der Waals surface area contributed by atoms with E-state index in [0.29, 0.717) is 49.5 Å². The number of hydrogen-bond donors (Lipinski definition) is 2. The van der Waals surface area contributed by atoms with Crippen LogP contribution in [0.25, 0.3) is 0 Å². The molecule has 2 aliphatic rings. The van der Waals surface area contributed by atoms with Crippen molar-refractivity contribution in [1.82, 2.24) is 14.5 Å². The summed E-state index contributed by atoms with van der Waals surface area (Å²) in [6.07, 6.45) is 0.291. The molecular weight excluding hydrogens is 408 g/mol. The second-order valence-electron chi connectivity index (χ2n) is 8.14. The first kappa shape index (κ1) is 22.5. The van der Waals surface area contributed by atoms with Crippen molar-refractivity contribution in [3.8, 4) is 5.75 Å².